The molecule has 2 fully saturated rings. The van der Waals surface area contributed by atoms with E-state index in [4.69, 9.17) is 23.2 Å². The number of aliphatic carboxylic acids is 1. The number of nitrogens with one attached hydrogen (secondary N) is 1. The Kier molecular flexibility index (Phi) is 9.18. The van der Waals surface area contributed by atoms with E-state index in [0.717, 1.165) is 24.0 Å². The number of likely N-dealkylation sites (tertiary alicyclic amines) is 1. The first-order chi connectivity index (χ1) is 20.4. The summed E-state index contributed by atoms with van der Waals surface area (Å²) in [7, 11) is -3.98. The van der Waals surface area contributed by atoms with Crippen LogP contribution < -0.4 is 4.72 Å². The summed E-state index contributed by atoms with van der Waals surface area (Å²) < 4.78 is 43.2. The second kappa shape index (κ2) is 12.6. The van der Waals surface area contributed by atoms with Crippen molar-refractivity contribution < 1.29 is 27.5 Å². The van der Waals surface area contributed by atoms with E-state index in [-0.39, 0.29) is 42.7 Å². The number of carbonyl (C=O) groups is 2. The Morgan fingerprint density at radius 1 is 1.05 bits per heavy atom. The molecule has 0 radical (unpaired) electrons. The van der Waals surface area contributed by atoms with Gasteiger partial charge in [0.25, 0.3) is 0 Å². The zero-order chi connectivity index (χ0) is 30.9. The summed E-state index contributed by atoms with van der Waals surface area (Å²) in [5.41, 5.74) is 0.415. The Hall–Kier alpha value is -2.98. The van der Waals surface area contributed by atoms with Crippen molar-refractivity contribution in [3.8, 4) is 0 Å². The number of halogens is 3. The molecule has 0 aromatic heterocycles. The topological polar surface area (TPSA) is 104 Å². The summed E-state index contributed by atoms with van der Waals surface area (Å²) in [4.78, 5) is 28.3. The number of sulfonamides is 1. The molecule has 1 amide bonds. The van der Waals surface area contributed by atoms with Crippen molar-refractivity contribution in [2.75, 3.05) is 6.54 Å². The highest BCUT2D eigenvalue weighted by molar-refractivity contribution is 7.88. The largest absolute Gasteiger partial charge is 0.481 e. The maximum absolute atomic E-state index is 14.5. The minimum Gasteiger partial charge on any atom is -0.481 e. The van der Waals surface area contributed by atoms with Crippen LogP contribution >= 0.6 is 23.2 Å². The van der Waals surface area contributed by atoms with Crippen LogP contribution in [0.4, 0.5) is 4.39 Å². The first-order valence-corrected chi connectivity index (χ1v) is 16.5. The lowest BCUT2D eigenvalue weighted by Crippen LogP contribution is -2.59. The molecule has 11 heteroatoms. The first kappa shape index (κ1) is 31.4. The summed E-state index contributed by atoms with van der Waals surface area (Å²) in [6.07, 6.45) is 1.43. The number of carboxylic acids is 1. The third kappa shape index (κ3) is 7.23. The van der Waals surface area contributed by atoms with Crippen LogP contribution in [0.1, 0.15) is 61.3 Å². The maximum atomic E-state index is 14.5. The van der Waals surface area contributed by atoms with Gasteiger partial charge < -0.3 is 10.0 Å². The van der Waals surface area contributed by atoms with E-state index in [1.165, 1.54) is 18.2 Å². The minimum absolute atomic E-state index is 0.00195. The van der Waals surface area contributed by atoms with Crippen molar-refractivity contribution in [3.05, 3.63) is 105 Å². The van der Waals surface area contributed by atoms with Crippen molar-refractivity contribution in [1.82, 2.24) is 9.62 Å². The average Bonchev–Trinajstić information content (AvgIpc) is 3.78. The quantitative estimate of drug-likeness (QED) is 0.245. The van der Waals surface area contributed by atoms with Crippen LogP contribution in [-0.4, -0.2) is 42.9 Å². The summed E-state index contributed by atoms with van der Waals surface area (Å²) in [6.45, 7) is 1.57. The molecule has 1 aliphatic carbocycles. The molecule has 7 nitrogen and oxygen atoms in total. The molecule has 2 N–H and O–H groups in total. The standard InChI is InChI=1S/C32H33Cl2FN2O5S/c1-32(17-29(38)39)16-26(22-6-4-7-25(34)15-22)30(21-11-13-24(33)14-12-21)37(31(32)40)28(20-9-10-20)18-36-43(41,42)19-23-5-2-3-8-27(23)35/h2-8,11-15,20,26,28,30,36H,9-10,16-19H2,1H3,(H,38,39). The lowest BCUT2D eigenvalue weighted by molar-refractivity contribution is -0.161. The molecular weight excluding hydrogens is 614 g/mol. The predicted molar refractivity (Wildman–Crippen MR) is 164 cm³/mol. The van der Waals surface area contributed by atoms with Gasteiger partial charge in [-0.3, -0.25) is 9.59 Å². The molecule has 228 valence electrons. The van der Waals surface area contributed by atoms with Gasteiger partial charge >= 0.3 is 5.97 Å². The third-order valence-electron chi connectivity index (χ3n) is 8.47. The van der Waals surface area contributed by atoms with Gasteiger partial charge in [-0.25, -0.2) is 17.5 Å². The number of piperidine rings is 1. The predicted octanol–water partition coefficient (Wildman–Crippen LogP) is 6.57. The Balaban J connectivity index is 1.57. The number of rotatable bonds is 11. The fourth-order valence-electron chi connectivity index (χ4n) is 6.30. The molecule has 1 aliphatic heterocycles. The number of carboxylic acid groups (broad SMARTS) is 1. The first-order valence-electron chi connectivity index (χ1n) is 14.1. The molecule has 4 unspecified atom stereocenters. The molecular formula is C32H33Cl2FN2O5S. The van der Waals surface area contributed by atoms with E-state index in [1.54, 1.807) is 36.1 Å². The number of amides is 1. The monoisotopic (exact) mass is 646 g/mol. The van der Waals surface area contributed by atoms with E-state index in [2.05, 4.69) is 4.72 Å². The number of hydrogen-bond acceptors (Lipinski definition) is 4. The van der Waals surface area contributed by atoms with Gasteiger partial charge in [0.15, 0.2) is 0 Å². The van der Waals surface area contributed by atoms with Crippen molar-refractivity contribution in [3.63, 3.8) is 0 Å². The second-order valence-electron chi connectivity index (χ2n) is 11.8. The van der Waals surface area contributed by atoms with Gasteiger partial charge in [-0.05, 0) is 66.6 Å². The molecule has 2 aliphatic rings. The van der Waals surface area contributed by atoms with Crippen LogP contribution in [0.2, 0.25) is 10.0 Å². The number of nitrogens with zero attached hydrogens (tertiary/aromatic N) is 1. The molecule has 1 saturated heterocycles. The zero-order valence-electron chi connectivity index (χ0n) is 23.5. The summed E-state index contributed by atoms with van der Waals surface area (Å²) >= 11 is 12.6. The maximum Gasteiger partial charge on any atom is 0.304 e. The fourth-order valence-corrected chi connectivity index (χ4v) is 7.80. The Labute approximate surface area is 261 Å². The highest BCUT2D eigenvalue weighted by atomic mass is 35.5. The highest BCUT2D eigenvalue weighted by Crippen LogP contribution is 2.54. The van der Waals surface area contributed by atoms with Crippen LogP contribution in [0, 0.1) is 17.2 Å². The number of benzene rings is 3. The summed E-state index contributed by atoms with van der Waals surface area (Å²) in [5.74, 6) is -2.96. The molecule has 3 aromatic rings. The molecule has 0 bridgehead atoms. The van der Waals surface area contributed by atoms with Crippen LogP contribution in [0.5, 0.6) is 0 Å². The lowest BCUT2D eigenvalue weighted by atomic mass is 9.67. The third-order valence-corrected chi connectivity index (χ3v) is 10.3. The Morgan fingerprint density at radius 2 is 1.74 bits per heavy atom. The normalized spacial score (nSPS) is 23.3. The van der Waals surface area contributed by atoms with Crippen LogP contribution in [0.25, 0.3) is 0 Å². The van der Waals surface area contributed by atoms with Crippen LogP contribution in [0.15, 0.2) is 72.8 Å². The van der Waals surface area contributed by atoms with Gasteiger partial charge in [0.1, 0.15) is 5.82 Å². The van der Waals surface area contributed by atoms with E-state index < -0.39 is 45.1 Å². The summed E-state index contributed by atoms with van der Waals surface area (Å²) in [5, 5.41) is 10.9. The second-order valence-corrected chi connectivity index (χ2v) is 14.5. The van der Waals surface area contributed by atoms with Crippen molar-refractivity contribution >= 4 is 45.1 Å². The smallest absolute Gasteiger partial charge is 0.304 e. The van der Waals surface area contributed by atoms with Gasteiger partial charge in [-0.2, -0.15) is 0 Å². The lowest BCUT2D eigenvalue weighted by Gasteiger charge is -2.52. The average molecular weight is 648 g/mol. The van der Waals surface area contributed by atoms with Crippen LogP contribution in [0.3, 0.4) is 0 Å². The van der Waals surface area contributed by atoms with Gasteiger partial charge in [-0.15, -0.1) is 0 Å². The highest BCUT2D eigenvalue weighted by Gasteiger charge is 2.54. The molecule has 43 heavy (non-hydrogen) atoms. The van der Waals surface area contributed by atoms with E-state index in [9.17, 15) is 27.5 Å². The van der Waals surface area contributed by atoms with Gasteiger partial charge in [0, 0.05) is 34.1 Å². The summed E-state index contributed by atoms with van der Waals surface area (Å²) in [6, 6.07) is 19.1. The van der Waals surface area contributed by atoms with Gasteiger partial charge in [0.05, 0.1) is 23.6 Å². The van der Waals surface area contributed by atoms with Gasteiger partial charge in [-0.1, -0.05) is 72.6 Å². The molecule has 1 heterocycles. The van der Waals surface area contributed by atoms with Gasteiger partial charge in [0.2, 0.25) is 15.9 Å². The zero-order valence-corrected chi connectivity index (χ0v) is 25.9. The Bertz CT molecular complexity index is 1620. The molecule has 5 rings (SSSR count). The van der Waals surface area contributed by atoms with Crippen LogP contribution in [-0.2, 0) is 25.4 Å². The van der Waals surface area contributed by atoms with E-state index in [1.807, 2.05) is 30.3 Å². The molecule has 0 spiro atoms. The fraction of sp³-hybridized carbons (Fsp3) is 0.375. The SMILES string of the molecule is CC1(CC(=O)O)CC(c2cccc(Cl)c2)C(c2ccc(Cl)cc2)N(C(CNS(=O)(=O)Cc2ccccc2F)C2CC2)C1=O. The molecule has 3 aromatic carbocycles. The number of hydrogen-bond donors (Lipinski definition) is 2. The van der Waals surface area contributed by atoms with Crippen molar-refractivity contribution in [2.45, 2.75) is 56.4 Å². The van der Waals surface area contributed by atoms with Crippen molar-refractivity contribution in [2.24, 2.45) is 11.3 Å². The molecule has 1 saturated carbocycles. The van der Waals surface area contributed by atoms with E-state index in [0.29, 0.717) is 10.0 Å². The molecule has 4 atom stereocenters. The number of carbonyl (C=O) groups excluding carboxylic acids is 1. The Morgan fingerprint density at radius 3 is 2.37 bits per heavy atom. The van der Waals surface area contributed by atoms with E-state index >= 15 is 0 Å². The minimum atomic E-state index is -3.98. The van der Waals surface area contributed by atoms with Crippen molar-refractivity contribution in [1.29, 1.82) is 0 Å².